The van der Waals surface area contributed by atoms with Crippen LogP contribution in [0.25, 0.3) is 0 Å². The average molecular weight is 296 g/mol. The predicted molar refractivity (Wildman–Crippen MR) is 78.3 cm³/mol. The molecule has 1 aromatic rings. The van der Waals surface area contributed by atoms with Crippen LogP contribution in [-0.4, -0.2) is 36.5 Å². The van der Waals surface area contributed by atoms with Crippen LogP contribution in [0.4, 0.5) is 8.78 Å². The smallest absolute Gasteiger partial charge is 0.256 e. The van der Waals surface area contributed by atoms with Gasteiger partial charge in [-0.05, 0) is 44.4 Å². The molecule has 2 rings (SSSR count). The Morgan fingerprint density at radius 1 is 1.38 bits per heavy atom. The maximum absolute atomic E-state index is 13.9. The molecule has 0 aliphatic carbocycles. The lowest BCUT2D eigenvalue weighted by atomic mass is 10.1. The molecule has 3 nitrogen and oxygen atoms in total. The molecule has 0 spiro atoms. The van der Waals surface area contributed by atoms with Crippen LogP contribution >= 0.6 is 0 Å². The van der Waals surface area contributed by atoms with E-state index in [0.717, 1.165) is 31.9 Å². The van der Waals surface area contributed by atoms with Gasteiger partial charge in [0.1, 0.15) is 11.6 Å². The highest BCUT2D eigenvalue weighted by atomic mass is 19.1. The average Bonchev–Trinajstić information content (AvgIpc) is 2.94. The summed E-state index contributed by atoms with van der Waals surface area (Å²) in [6, 6.07) is 2.36. The maximum atomic E-state index is 13.9. The van der Waals surface area contributed by atoms with Crippen molar-refractivity contribution < 1.29 is 13.6 Å². The van der Waals surface area contributed by atoms with Crippen molar-refractivity contribution in [2.75, 3.05) is 19.6 Å². The highest BCUT2D eigenvalue weighted by Crippen LogP contribution is 2.17. The molecule has 1 aromatic carbocycles. The van der Waals surface area contributed by atoms with Gasteiger partial charge in [-0.25, -0.2) is 8.78 Å². The van der Waals surface area contributed by atoms with Crippen LogP contribution in [-0.2, 0) is 0 Å². The van der Waals surface area contributed by atoms with Gasteiger partial charge in [-0.3, -0.25) is 4.79 Å². The fraction of sp³-hybridized carbons (Fsp3) is 0.562. The zero-order chi connectivity index (χ0) is 15.4. The van der Waals surface area contributed by atoms with Crippen molar-refractivity contribution in [1.82, 2.24) is 10.2 Å². The highest BCUT2D eigenvalue weighted by molar-refractivity contribution is 5.94. The zero-order valence-electron chi connectivity index (χ0n) is 12.6. The van der Waals surface area contributed by atoms with E-state index in [1.807, 2.05) is 6.92 Å². The number of nitrogens with zero attached hydrogens (tertiary/aromatic N) is 1. The summed E-state index contributed by atoms with van der Waals surface area (Å²) in [5.74, 6) is -1.77. The van der Waals surface area contributed by atoms with Crippen LogP contribution in [0.5, 0.6) is 0 Å². The highest BCUT2D eigenvalue weighted by Gasteiger charge is 2.24. The van der Waals surface area contributed by atoms with E-state index < -0.39 is 11.6 Å². The number of amides is 1. The van der Waals surface area contributed by atoms with E-state index in [0.29, 0.717) is 13.1 Å². The molecule has 1 amide bonds. The predicted octanol–water partition coefficient (Wildman–Crippen LogP) is 2.88. The fourth-order valence-electron chi connectivity index (χ4n) is 2.72. The first-order valence-corrected chi connectivity index (χ1v) is 7.51. The molecule has 5 heteroatoms. The third-order valence-corrected chi connectivity index (χ3v) is 3.86. The number of aryl methyl sites for hydroxylation is 1. The van der Waals surface area contributed by atoms with Crippen molar-refractivity contribution in [3.8, 4) is 0 Å². The quantitative estimate of drug-likeness (QED) is 0.906. The Morgan fingerprint density at radius 2 is 2.14 bits per heavy atom. The van der Waals surface area contributed by atoms with E-state index in [1.54, 1.807) is 4.90 Å². The largest absolute Gasteiger partial charge is 0.337 e. The molecule has 1 unspecified atom stereocenters. The van der Waals surface area contributed by atoms with Crippen molar-refractivity contribution in [2.24, 2.45) is 0 Å². The van der Waals surface area contributed by atoms with Crippen molar-refractivity contribution in [3.63, 3.8) is 0 Å². The Hall–Kier alpha value is -1.49. The number of hydrogen-bond donors (Lipinski definition) is 1. The van der Waals surface area contributed by atoms with Crippen molar-refractivity contribution >= 4 is 5.91 Å². The molecule has 0 saturated carbocycles. The zero-order valence-corrected chi connectivity index (χ0v) is 12.6. The fourth-order valence-corrected chi connectivity index (χ4v) is 2.72. The maximum Gasteiger partial charge on any atom is 0.256 e. The van der Waals surface area contributed by atoms with Crippen LogP contribution in [0.3, 0.4) is 0 Å². The molecule has 116 valence electrons. The first-order valence-electron chi connectivity index (χ1n) is 7.51. The number of benzene rings is 1. The summed E-state index contributed by atoms with van der Waals surface area (Å²) in [4.78, 5) is 14.2. The number of halogens is 2. The molecule has 0 radical (unpaired) electrons. The second-order valence-corrected chi connectivity index (χ2v) is 5.63. The lowest BCUT2D eigenvalue weighted by Crippen LogP contribution is -2.41. The Bertz CT molecular complexity index is 513. The molecule has 1 atom stereocenters. The van der Waals surface area contributed by atoms with E-state index in [-0.39, 0.29) is 23.1 Å². The molecule has 1 heterocycles. The van der Waals surface area contributed by atoms with Gasteiger partial charge in [0.05, 0.1) is 5.56 Å². The lowest BCUT2D eigenvalue weighted by Gasteiger charge is -2.26. The number of rotatable bonds is 5. The summed E-state index contributed by atoms with van der Waals surface area (Å²) in [6.45, 7) is 5.63. The minimum Gasteiger partial charge on any atom is -0.337 e. The van der Waals surface area contributed by atoms with Gasteiger partial charge < -0.3 is 10.2 Å². The SMILES string of the molecule is CCCN(CC1CCCN1)C(=O)c1cc(C)c(F)cc1F. The first-order chi connectivity index (χ1) is 10.0. The number of carbonyl (C=O) groups is 1. The third-order valence-electron chi connectivity index (χ3n) is 3.86. The molecular weight excluding hydrogens is 274 g/mol. The van der Waals surface area contributed by atoms with Crippen LogP contribution in [0, 0.1) is 18.6 Å². The van der Waals surface area contributed by atoms with E-state index in [9.17, 15) is 13.6 Å². The number of hydrogen-bond acceptors (Lipinski definition) is 2. The van der Waals surface area contributed by atoms with Gasteiger partial charge in [-0.15, -0.1) is 0 Å². The van der Waals surface area contributed by atoms with E-state index in [2.05, 4.69) is 5.32 Å². The minimum absolute atomic E-state index is 0.0413. The van der Waals surface area contributed by atoms with Crippen molar-refractivity contribution in [2.45, 2.75) is 39.2 Å². The second-order valence-electron chi connectivity index (χ2n) is 5.63. The standard InChI is InChI=1S/C16H22F2N2O/c1-3-7-20(10-12-5-4-6-19-12)16(21)13-8-11(2)14(17)9-15(13)18/h8-9,12,19H,3-7,10H2,1-2H3. The van der Waals surface area contributed by atoms with Crippen LogP contribution < -0.4 is 5.32 Å². The Kier molecular flexibility index (Phi) is 5.28. The summed E-state index contributed by atoms with van der Waals surface area (Å²) in [5, 5.41) is 3.34. The summed E-state index contributed by atoms with van der Waals surface area (Å²) in [5.41, 5.74) is 0.246. The Morgan fingerprint density at radius 3 is 2.76 bits per heavy atom. The Labute approximate surface area is 124 Å². The lowest BCUT2D eigenvalue weighted by molar-refractivity contribution is 0.0737. The van der Waals surface area contributed by atoms with Gasteiger partial charge in [0, 0.05) is 25.2 Å². The topological polar surface area (TPSA) is 32.3 Å². The third kappa shape index (κ3) is 3.79. The molecule has 1 fully saturated rings. The molecule has 1 aliphatic rings. The molecule has 21 heavy (non-hydrogen) atoms. The molecule has 1 saturated heterocycles. The summed E-state index contributed by atoms with van der Waals surface area (Å²) >= 11 is 0. The monoisotopic (exact) mass is 296 g/mol. The van der Waals surface area contributed by atoms with E-state index >= 15 is 0 Å². The van der Waals surface area contributed by atoms with Gasteiger partial charge >= 0.3 is 0 Å². The minimum atomic E-state index is -0.788. The van der Waals surface area contributed by atoms with E-state index in [1.165, 1.54) is 13.0 Å². The van der Waals surface area contributed by atoms with Gasteiger partial charge in [-0.1, -0.05) is 6.92 Å². The van der Waals surface area contributed by atoms with Gasteiger partial charge in [0.15, 0.2) is 0 Å². The van der Waals surface area contributed by atoms with Gasteiger partial charge in [0.2, 0.25) is 0 Å². The molecule has 1 N–H and O–H groups in total. The molecule has 1 aliphatic heterocycles. The van der Waals surface area contributed by atoms with Crippen LogP contribution in [0.1, 0.15) is 42.1 Å². The first kappa shape index (κ1) is 15.9. The molecule has 0 aromatic heterocycles. The van der Waals surface area contributed by atoms with Gasteiger partial charge in [-0.2, -0.15) is 0 Å². The summed E-state index contributed by atoms with van der Waals surface area (Å²) in [6.07, 6.45) is 2.93. The number of nitrogens with one attached hydrogen (secondary N) is 1. The summed E-state index contributed by atoms with van der Waals surface area (Å²) < 4.78 is 27.2. The molecular formula is C16H22F2N2O. The van der Waals surface area contributed by atoms with Crippen molar-refractivity contribution in [1.29, 1.82) is 0 Å². The second kappa shape index (κ2) is 6.98. The normalized spacial score (nSPS) is 18.0. The van der Waals surface area contributed by atoms with Crippen LogP contribution in [0.2, 0.25) is 0 Å². The van der Waals surface area contributed by atoms with E-state index in [4.69, 9.17) is 0 Å². The molecule has 0 bridgehead atoms. The summed E-state index contributed by atoms with van der Waals surface area (Å²) in [7, 11) is 0. The Balaban J connectivity index is 2.19. The van der Waals surface area contributed by atoms with Gasteiger partial charge in [0.25, 0.3) is 5.91 Å². The van der Waals surface area contributed by atoms with Crippen molar-refractivity contribution in [3.05, 3.63) is 34.9 Å². The van der Waals surface area contributed by atoms with Crippen LogP contribution in [0.15, 0.2) is 12.1 Å². The number of carbonyl (C=O) groups excluding carboxylic acids is 1.